The number of piperazine rings is 1. The van der Waals surface area contributed by atoms with Crippen LogP contribution >= 0.6 is 0 Å². The number of nitro groups is 1. The Morgan fingerprint density at radius 1 is 1.07 bits per heavy atom. The van der Waals surface area contributed by atoms with Crippen molar-refractivity contribution in [1.82, 2.24) is 14.8 Å². The van der Waals surface area contributed by atoms with Crippen molar-refractivity contribution < 1.29 is 14.5 Å². The van der Waals surface area contributed by atoms with Gasteiger partial charge < -0.3 is 9.80 Å². The molecule has 0 atom stereocenters. The van der Waals surface area contributed by atoms with Gasteiger partial charge in [-0.1, -0.05) is 18.2 Å². The number of hydrogen-bond acceptors (Lipinski definition) is 5. The maximum atomic E-state index is 12.8. The van der Waals surface area contributed by atoms with Crippen molar-refractivity contribution in [2.45, 2.75) is 13.3 Å². The van der Waals surface area contributed by atoms with Crippen molar-refractivity contribution in [3.8, 4) is 0 Å². The Balaban J connectivity index is 1.64. The highest BCUT2D eigenvalue weighted by Crippen LogP contribution is 2.24. The van der Waals surface area contributed by atoms with Gasteiger partial charge in [0.15, 0.2) is 0 Å². The summed E-state index contributed by atoms with van der Waals surface area (Å²) >= 11 is 0. The quantitative estimate of drug-likeness (QED) is 0.606. The van der Waals surface area contributed by atoms with Crippen molar-refractivity contribution in [2.24, 2.45) is 0 Å². The molecule has 1 aromatic carbocycles. The van der Waals surface area contributed by atoms with E-state index >= 15 is 0 Å². The number of pyridine rings is 1. The fourth-order valence-corrected chi connectivity index (χ4v) is 3.17. The predicted molar refractivity (Wildman–Crippen MR) is 98.3 cm³/mol. The second-order valence-corrected chi connectivity index (χ2v) is 6.40. The first-order chi connectivity index (χ1) is 13.0. The first kappa shape index (κ1) is 18.5. The molecule has 1 aliphatic rings. The molecule has 0 spiro atoms. The Hall–Kier alpha value is -3.29. The summed E-state index contributed by atoms with van der Waals surface area (Å²) in [5, 5.41) is 11.3. The Kier molecular flexibility index (Phi) is 5.44. The zero-order valence-corrected chi connectivity index (χ0v) is 15.0. The second-order valence-electron chi connectivity index (χ2n) is 6.40. The molecule has 2 aromatic rings. The minimum absolute atomic E-state index is 0.0395. The molecule has 8 heteroatoms. The standard InChI is InChI=1S/C19H20N4O4/c1-14-5-4-7-16(18(14)23(26)27)19(25)22-11-9-21(10-12-22)17(24)13-15-6-2-3-8-20-15/h2-8H,9-13H2,1H3. The molecule has 0 bridgehead atoms. The van der Waals surface area contributed by atoms with Crippen molar-refractivity contribution in [2.75, 3.05) is 26.2 Å². The largest absolute Gasteiger partial charge is 0.339 e. The maximum Gasteiger partial charge on any atom is 0.285 e. The Morgan fingerprint density at radius 2 is 1.78 bits per heavy atom. The third kappa shape index (κ3) is 4.11. The lowest BCUT2D eigenvalue weighted by Crippen LogP contribution is -2.51. The van der Waals surface area contributed by atoms with Gasteiger partial charge in [-0.05, 0) is 25.1 Å². The molecular formula is C19H20N4O4. The van der Waals surface area contributed by atoms with E-state index in [0.29, 0.717) is 37.4 Å². The Morgan fingerprint density at radius 3 is 2.41 bits per heavy atom. The van der Waals surface area contributed by atoms with Gasteiger partial charge in [0.1, 0.15) is 5.56 Å². The van der Waals surface area contributed by atoms with Crippen LogP contribution in [0.1, 0.15) is 21.6 Å². The average Bonchev–Trinajstić information content (AvgIpc) is 2.68. The molecule has 8 nitrogen and oxygen atoms in total. The summed E-state index contributed by atoms with van der Waals surface area (Å²) in [6, 6.07) is 10.2. The van der Waals surface area contributed by atoms with Crippen molar-refractivity contribution in [3.05, 3.63) is 69.5 Å². The lowest BCUT2D eigenvalue weighted by molar-refractivity contribution is -0.385. The fraction of sp³-hybridized carbons (Fsp3) is 0.316. The number of para-hydroxylation sites is 1. The first-order valence-corrected chi connectivity index (χ1v) is 8.68. The van der Waals surface area contributed by atoms with E-state index in [9.17, 15) is 19.7 Å². The van der Waals surface area contributed by atoms with Crippen LogP contribution in [0.3, 0.4) is 0 Å². The Labute approximate surface area is 156 Å². The zero-order valence-electron chi connectivity index (χ0n) is 15.0. The fourth-order valence-electron chi connectivity index (χ4n) is 3.17. The van der Waals surface area contributed by atoms with E-state index in [0.717, 1.165) is 0 Å². The molecule has 1 aliphatic heterocycles. The third-order valence-electron chi connectivity index (χ3n) is 4.63. The predicted octanol–water partition coefficient (Wildman–Crippen LogP) is 1.83. The van der Waals surface area contributed by atoms with Crippen LogP contribution in [-0.4, -0.2) is 57.7 Å². The number of rotatable bonds is 4. The van der Waals surface area contributed by atoms with Crippen molar-refractivity contribution in [3.63, 3.8) is 0 Å². The summed E-state index contributed by atoms with van der Waals surface area (Å²) in [6.45, 7) is 3.10. The highest BCUT2D eigenvalue weighted by molar-refractivity contribution is 5.98. The van der Waals surface area contributed by atoms with Gasteiger partial charge in [0, 0.05) is 43.6 Å². The maximum absolute atomic E-state index is 12.8. The summed E-state index contributed by atoms with van der Waals surface area (Å²) in [5.74, 6) is -0.412. The molecule has 27 heavy (non-hydrogen) atoms. The van der Waals surface area contributed by atoms with Crippen LogP contribution in [0.25, 0.3) is 0 Å². The van der Waals surface area contributed by atoms with Crippen LogP contribution < -0.4 is 0 Å². The number of amides is 2. The third-order valence-corrected chi connectivity index (χ3v) is 4.63. The molecule has 0 unspecified atom stereocenters. The van der Waals surface area contributed by atoms with Crippen LogP contribution in [-0.2, 0) is 11.2 Å². The summed E-state index contributed by atoms with van der Waals surface area (Å²) in [7, 11) is 0. The molecule has 1 saturated heterocycles. The number of nitro benzene ring substituents is 1. The smallest absolute Gasteiger partial charge is 0.285 e. The number of carbonyl (C=O) groups excluding carboxylic acids is 2. The Bertz CT molecular complexity index is 861. The average molecular weight is 368 g/mol. The van der Waals surface area contributed by atoms with Crippen LogP contribution in [0.5, 0.6) is 0 Å². The van der Waals surface area contributed by atoms with Gasteiger partial charge in [0.25, 0.3) is 11.6 Å². The van der Waals surface area contributed by atoms with E-state index in [2.05, 4.69) is 4.98 Å². The molecule has 1 fully saturated rings. The summed E-state index contributed by atoms with van der Waals surface area (Å²) < 4.78 is 0. The summed E-state index contributed by atoms with van der Waals surface area (Å²) in [5.41, 5.74) is 1.09. The van der Waals surface area contributed by atoms with Gasteiger partial charge in [-0.2, -0.15) is 0 Å². The van der Waals surface area contributed by atoms with Crippen LogP contribution in [0, 0.1) is 17.0 Å². The molecule has 1 aromatic heterocycles. The van der Waals surface area contributed by atoms with E-state index in [1.807, 2.05) is 6.07 Å². The lowest BCUT2D eigenvalue weighted by Gasteiger charge is -2.34. The molecule has 140 valence electrons. The number of aryl methyl sites for hydroxylation is 1. The monoisotopic (exact) mass is 368 g/mol. The van der Waals surface area contributed by atoms with E-state index in [1.54, 1.807) is 47.2 Å². The number of aromatic nitrogens is 1. The highest BCUT2D eigenvalue weighted by Gasteiger charge is 2.29. The molecule has 2 heterocycles. The van der Waals surface area contributed by atoms with Crippen molar-refractivity contribution in [1.29, 1.82) is 0 Å². The first-order valence-electron chi connectivity index (χ1n) is 8.68. The molecule has 0 saturated carbocycles. The van der Waals surface area contributed by atoms with Crippen LogP contribution in [0.2, 0.25) is 0 Å². The molecule has 3 rings (SSSR count). The minimum atomic E-state index is -0.519. The van der Waals surface area contributed by atoms with Gasteiger partial charge in [0.2, 0.25) is 5.91 Å². The number of nitrogens with zero attached hydrogens (tertiary/aromatic N) is 4. The summed E-state index contributed by atoms with van der Waals surface area (Å²) in [4.78, 5) is 43.4. The zero-order chi connectivity index (χ0) is 19.4. The van der Waals surface area contributed by atoms with Gasteiger partial charge in [0.05, 0.1) is 11.3 Å². The lowest BCUT2D eigenvalue weighted by atomic mass is 10.1. The number of benzene rings is 1. The summed E-state index contributed by atoms with van der Waals surface area (Å²) in [6.07, 6.45) is 1.87. The molecule has 0 aliphatic carbocycles. The van der Waals surface area contributed by atoms with E-state index < -0.39 is 4.92 Å². The van der Waals surface area contributed by atoms with Gasteiger partial charge in [-0.3, -0.25) is 24.7 Å². The number of carbonyl (C=O) groups is 2. The van der Waals surface area contributed by atoms with Crippen LogP contribution in [0.4, 0.5) is 5.69 Å². The van der Waals surface area contributed by atoms with Gasteiger partial charge in [-0.25, -0.2) is 0 Å². The molecular weight excluding hydrogens is 348 g/mol. The second kappa shape index (κ2) is 7.94. The minimum Gasteiger partial charge on any atom is -0.339 e. The number of hydrogen-bond donors (Lipinski definition) is 0. The SMILES string of the molecule is Cc1cccc(C(=O)N2CCN(C(=O)Cc3ccccn3)CC2)c1[N+](=O)[O-]. The normalized spacial score (nSPS) is 14.1. The molecule has 0 N–H and O–H groups in total. The van der Waals surface area contributed by atoms with Gasteiger partial charge >= 0.3 is 0 Å². The van der Waals surface area contributed by atoms with Crippen LogP contribution in [0.15, 0.2) is 42.6 Å². The van der Waals surface area contributed by atoms with E-state index in [-0.39, 0.29) is 29.5 Å². The van der Waals surface area contributed by atoms with E-state index in [1.165, 1.54) is 6.07 Å². The van der Waals surface area contributed by atoms with Gasteiger partial charge in [-0.15, -0.1) is 0 Å². The topological polar surface area (TPSA) is 96.7 Å². The molecule has 2 amide bonds. The molecule has 0 radical (unpaired) electrons. The highest BCUT2D eigenvalue weighted by atomic mass is 16.6. The van der Waals surface area contributed by atoms with Crippen molar-refractivity contribution >= 4 is 17.5 Å². The van der Waals surface area contributed by atoms with E-state index in [4.69, 9.17) is 0 Å².